The minimum Gasteiger partial charge on any atom is -0.487 e. The Morgan fingerprint density at radius 1 is 1.15 bits per heavy atom. The summed E-state index contributed by atoms with van der Waals surface area (Å²) in [7, 11) is 0. The second kappa shape index (κ2) is 5.37. The van der Waals surface area contributed by atoms with Crippen LogP contribution in [0.3, 0.4) is 0 Å². The third-order valence-electron chi connectivity index (χ3n) is 3.42. The zero-order chi connectivity index (χ0) is 13.9. The Kier molecular flexibility index (Phi) is 3.42. The van der Waals surface area contributed by atoms with Crippen LogP contribution in [0.5, 0.6) is 5.75 Å². The first-order valence-electron chi connectivity index (χ1n) is 6.84. The third kappa shape index (κ3) is 2.52. The summed E-state index contributed by atoms with van der Waals surface area (Å²) in [5, 5.41) is 0. The van der Waals surface area contributed by atoms with Crippen molar-refractivity contribution in [1.82, 2.24) is 0 Å². The van der Waals surface area contributed by atoms with E-state index < -0.39 is 0 Å². The van der Waals surface area contributed by atoms with Crippen LogP contribution in [0.4, 0.5) is 5.69 Å². The molecule has 0 bridgehead atoms. The molecule has 1 aliphatic rings. The molecule has 1 amide bonds. The van der Waals surface area contributed by atoms with Crippen LogP contribution in [0.25, 0.3) is 0 Å². The van der Waals surface area contributed by atoms with Gasteiger partial charge in [0.1, 0.15) is 11.9 Å². The Morgan fingerprint density at radius 3 is 2.65 bits per heavy atom. The van der Waals surface area contributed by atoms with Gasteiger partial charge in [-0.1, -0.05) is 42.5 Å². The van der Waals surface area contributed by atoms with Crippen molar-refractivity contribution in [1.29, 1.82) is 0 Å². The molecule has 1 aliphatic heterocycles. The molecule has 0 saturated carbocycles. The summed E-state index contributed by atoms with van der Waals surface area (Å²) >= 11 is 0. The summed E-state index contributed by atoms with van der Waals surface area (Å²) in [6.45, 7) is 2.58. The topological polar surface area (TPSA) is 29.5 Å². The lowest BCUT2D eigenvalue weighted by Crippen LogP contribution is -2.43. The maximum absolute atomic E-state index is 12.5. The molecule has 0 N–H and O–H groups in total. The highest BCUT2D eigenvalue weighted by Gasteiger charge is 2.26. The first kappa shape index (κ1) is 12.7. The summed E-state index contributed by atoms with van der Waals surface area (Å²) in [4.78, 5) is 14.4. The Labute approximate surface area is 118 Å². The third-order valence-corrected chi connectivity index (χ3v) is 3.42. The SMILES string of the molecule is CC1CN(C(=O)Cc2ccccc2)c2ccccc2O1. The van der Waals surface area contributed by atoms with E-state index in [9.17, 15) is 4.79 Å². The van der Waals surface area contributed by atoms with E-state index in [1.165, 1.54) is 0 Å². The number of benzene rings is 2. The lowest BCUT2D eigenvalue weighted by Gasteiger charge is -2.33. The van der Waals surface area contributed by atoms with Crippen molar-refractivity contribution >= 4 is 11.6 Å². The van der Waals surface area contributed by atoms with Crippen LogP contribution in [0.15, 0.2) is 54.6 Å². The van der Waals surface area contributed by atoms with E-state index >= 15 is 0 Å². The molecular formula is C17H17NO2. The van der Waals surface area contributed by atoms with Crippen molar-refractivity contribution < 1.29 is 9.53 Å². The van der Waals surface area contributed by atoms with E-state index in [0.717, 1.165) is 17.0 Å². The number of hydrogen-bond donors (Lipinski definition) is 0. The molecule has 0 aliphatic carbocycles. The predicted molar refractivity (Wildman–Crippen MR) is 79.0 cm³/mol. The number of rotatable bonds is 2. The van der Waals surface area contributed by atoms with Gasteiger partial charge in [-0.2, -0.15) is 0 Å². The monoisotopic (exact) mass is 267 g/mol. The number of ether oxygens (including phenoxy) is 1. The smallest absolute Gasteiger partial charge is 0.231 e. The summed E-state index contributed by atoms with van der Waals surface area (Å²) < 4.78 is 5.77. The first-order valence-corrected chi connectivity index (χ1v) is 6.84. The van der Waals surface area contributed by atoms with Crippen molar-refractivity contribution in [3.63, 3.8) is 0 Å². The Bertz CT molecular complexity index is 609. The van der Waals surface area contributed by atoms with E-state index in [2.05, 4.69) is 0 Å². The fourth-order valence-electron chi connectivity index (χ4n) is 2.49. The fraction of sp³-hybridized carbons (Fsp3) is 0.235. The van der Waals surface area contributed by atoms with Gasteiger partial charge in [0, 0.05) is 0 Å². The van der Waals surface area contributed by atoms with Gasteiger partial charge in [-0.15, -0.1) is 0 Å². The van der Waals surface area contributed by atoms with E-state index in [1.807, 2.05) is 66.4 Å². The highest BCUT2D eigenvalue weighted by molar-refractivity contribution is 5.96. The van der Waals surface area contributed by atoms with Crippen molar-refractivity contribution in [3.8, 4) is 5.75 Å². The molecule has 0 fully saturated rings. The van der Waals surface area contributed by atoms with E-state index in [-0.39, 0.29) is 12.0 Å². The number of carbonyl (C=O) groups is 1. The van der Waals surface area contributed by atoms with Crippen LogP contribution < -0.4 is 9.64 Å². The van der Waals surface area contributed by atoms with Crippen molar-refractivity contribution in [2.45, 2.75) is 19.4 Å². The Morgan fingerprint density at radius 2 is 1.85 bits per heavy atom. The molecule has 3 nitrogen and oxygen atoms in total. The maximum Gasteiger partial charge on any atom is 0.231 e. The van der Waals surface area contributed by atoms with Gasteiger partial charge in [0.2, 0.25) is 5.91 Å². The van der Waals surface area contributed by atoms with Crippen LogP contribution in [0, 0.1) is 0 Å². The molecule has 3 rings (SSSR count). The lowest BCUT2D eigenvalue weighted by molar-refractivity contribution is -0.118. The average molecular weight is 267 g/mol. The second-order valence-electron chi connectivity index (χ2n) is 5.06. The zero-order valence-corrected chi connectivity index (χ0v) is 11.5. The largest absolute Gasteiger partial charge is 0.487 e. The van der Waals surface area contributed by atoms with Crippen LogP contribution in [-0.2, 0) is 11.2 Å². The van der Waals surface area contributed by atoms with Crippen molar-refractivity contribution in [3.05, 3.63) is 60.2 Å². The van der Waals surface area contributed by atoms with Gasteiger partial charge in [0.05, 0.1) is 18.7 Å². The van der Waals surface area contributed by atoms with Gasteiger partial charge < -0.3 is 9.64 Å². The summed E-state index contributed by atoms with van der Waals surface area (Å²) in [6, 6.07) is 17.5. The number of carbonyl (C=O) groups excluding carboxylic acids is 1. The molecule has 1 atom stereocenters. The van der Waals surface area contributed by atoms with E-state index in [0.29, 0.717) is 13.0 Å². The highest BCUT2D eigenvalue weighted by Crippen LogP contribution is 2.33. The maximum atomic E-state index is 12.5. The molecule has 102 valence electrons. The van der Waals surface area contributed by atoms with Gasteiger partial charge in [-0.05, 0) is 24.6 Å². The molecule has 3 heteroatoms. The van der Waals surface area contributed by atoms with E-state index in [4.69, 9.17) is 4.74 Å². The Hall–Kier alpha value is -2.29. The molecule has 0 saturated heterocycles. The van der Waals surface area contributed by atoms with Gasteiger partial charge >= 0.3 is 0 Å². The molecule has 0 aromatic heterocycles. The molecule has 1 heterocycles. The van der Waals surface area contributed by atoms with Crippen molar-refractivity contribution in [2.75, 3.05) is 11.4 Å². The van der Waals surface area contributed by atoms with Gasteiger partial charge in [-0.25, -0.2) is 0 Å². The first-order chi connectivity index (χ1) is 9.74. The Balaban J connectivity index is 1.85. The number of anilines is 1. The van der Waals surface area contributed by atoms with Gasteiger partial charge in [0.15, 0.2) is 0 Å². The quantitative estimate of drug-likeness (QED) is 0.837. The van der Waals surface area contributed by atoms with Crippen molar-refractivity contribution in [2.24, 2.45) is 0 Å². The number of nitrogens with zero attached hydrogens (tertiary/aromatic N) is 1. The lowest BCUT2D eigenvalue weighted by atomic mass is 10.1. The standard InChI is InChI=1S/C17H17NO2/c1-13-12-18(15-9-5-6-10-16(15)20-13)17(19)11-14-7-3-2-4-8-14/h2-10,13H,11-12H2,1H3. The molecule has 0 radical (unpaired) electrons. The molecule has 0 spiro atoms. The average Bonchev–Trinajstić information content (AvgIpc) is 2.47. The molecule has 2 aromatic rings. The molecule has 20 heavy (non-hydrogen) atoms. The van der Waals surface area contributed by atoms with Crippen LogP contribution in [-0.4, -0.2) is 18.6 Å². The summed E-state index contributed by atoms with van der Waals surface area (Å²) in [6.07, 6.45) is 0.437. The predicted octanol–water partition coefficient (Wildman–Crippen LogP) is 3.04. The number of hydrogen-bond acceptors (Lipinski definition) is 2. The fourth-order valence-corrected chi connectivity index (χ4v) is 2.49. The summed E-state index contributed by atoms with van der Waals surface area (Å²) in [5.74, 6) is 0.895. The normalized spacial score (nSPS) is 17.2. The number of fused-ring (bicyclic) bond motifs is 1. The summed E-state index contributed by atoms with van der Waals surface area (Å²) in [5.41, 5.74) is 1.90. The number of amides is 1. The van der Waals surface area contributed by atoms with E-state index in [1.54, 1.807) is 0 Å². The second-order valence-corrected chi connectivity index (χ2v) is 5.06. The highest BCUT2D eigenvalue weighted by atomic mass is 16.5. The van der Waals surface area contributed by atoms with Gasteiger partial charge in [0.25, 0.3) is 0 Å². The minimum atomic E-state index is 0.0182. The molecule has 1 unspecified atom stereocenters. The molecule has 2 aromatic carbocycles. The van der Waals surface area contributed by atoms with Crippen LogP contribution >= 0.6 is 0 Å². The molecular weight excluding hydrogens is 250 g/mol. The van der Waals surface area contributed by atoms with Crippen LogP contribution in [0.1, 0.15) is 12.5 Å². The minimum absolute atomic E-state index is 0.0182. The van der Waals surface area contributed by atoms with Crippen LogP contribution in [0.2, 0.25) is 0 Å². The number of para-hydroxylation sites is 2. The van der Waals surface area contributed by atoms with Gasteiger partial charge in [-0.3, -0.25) is 4.79 Å². The zero-order valence-electron chi connectivity index (χ0n) is 11.5.